The number of thiophene rings is 1. The number of hydrazone groups is 1. The predicted octanol–water partition coefficient (Wildman–Crippen LogP) is 4.20. The summed E-state index contributed by atoms with van der Waals surface area (Å²) in [6.45, 7) is 6.91. The number of fused-ring (bicyclic) bond motifs is 3. The fourth-order valence-electron chi connectivity index (χ4n) is 5.42. The number of benzene rings is 1. The van der Waals surface area contributed by atoms with Crippen molar-refractivity contribution >= 4 is 35.0 Å². The summed E-state index contributed by atoms with van der Waals surface area (Å²) in [6.07, 6.45) is 5.59. The van der Waals surface area contributed by atoms with Gasteiger partial charge in [0.15, 0.2) is 18.0 Å². The van der Waals surface area contributed by atoms with Crippen LogP contribution in [0.1, 0.15) is 63.3 Å². The Hall–Kier alpha value is -2.64. The van der Waals surface area contributed by atoms with Gasteiger partial charge in [-0.2, -0.15) is 0 Å². The average molecular weight is 479 g/mol. The Morgan fingerprint density at radius 1 is 1.18 bits per heavy atom. The third-order valence-corrected chi connectivity index (χ3v) is 8.79. The molecular weight excluding hydrogens is 446 g/mol. The minimum atomic E-state index is -0.367. The number of hydrogen-bond donors (Lipinski definition) is 0. The van der Waals surface area contributed by atoms with Gasteiger partial charge in [0.1, 0.15) is 10.8 Å². The molecule has 3 saturated heterocycles. The zero-order valence-electron chi connectivity index (χ0n) is 20.1. The zero-order chi connectivity index (χ0) is 23.8. The number of methoxy groups -OCH3 is 1. The van der Waals surface area contributed by atoms with Gasteiger partial charge in [-0.1, -0.05) is 34.5 Å². The standard InChI is InChI=1S/C27H32N3O3S/c1-17-4-6-20(7-5-17)16-30-18(2)22(15-28-30)25-14-21(26(34-25)27(32)33-3)13-24(31)23-12-19-8-10-29(23)11-9-19/h4-7,14-15,19,22-23H,8-13,16H2,1-3H3/q+1. The molecule has 2 unspecified atom stereocenters. The van der Waals surface area contributed by atoms with E-state index in [1.54, 1.807) is 0 Å². The van der Waals surface area contributed by atoms with Crippen molar-refractivity contribution in [1.82, 2.24) is 4.90 Å². The molecule has 1 aromatic carbocycles. The van der Waals surface area contributed by atoms with Gasteiger partial charge in [0, 0.05) is 23.8 Å². The van der Waals surface area contributed by atoms with Crippen molar-refractivity contribution in [2.75, 3.05) is 20.2 Å². The molecule has 0 aliphatic carbocycles. The lowest BCUT2D eigenvalue weighted by Crippen LogP contribution is -2.52. The molecule has 2 bridgehead atoms. The number of hydrogen-bond acceptors (Lipinski definition) is 6. The number of Topliss-reactive ketones (excluding diaryl/α,β-unsaturated/α-hetero) is 1. The molecule has 1 aromatic heterocycles. The third kappa shape index (κ3) is 4.51. The molecule has 5 heterocycles. The monoisotopic (exact) mass is 478 g/mol. The number of piperidine rings is 3. The second-order valence-electron chi connectivity index (χ2n) is 9.80. The first kappa shape index (κ1) is 23.1. The lowest BCUT2D eigenvalue weighted by molar-refractivity contribution is -0.546. The minimum Gasteiger partial charge on any atom is -0.465 e. The van der Waals surface area contributed by atoms with E-state index in [0.717, 1.165) is 35.7 Å². The molecule has 2 atom stereocenters. The SMILES string of the molecule is COC(=O)c1sc(C2C=N[N+](Cc3ccc(C)cc3)=C2C)cc1CC(=O)C1CC2CCN1CC2. The van der Waals surface area contributed by atoms with Gasteiger partial charge in [-0.05, 0) is 61.9 Å². The van der Waals surface area contributed by atoms with Crippen LogP contribution in [0.5, 0.6) is 0 Å². The molecule has 0 saturated carbocycles. The minimum absolute atomic E-state index is 0.00264. The molecule has 4 aliphatic rings. The van der Waals surface area contributed by atoms with E-state index < -0.39 is 0 Å². The molecule has 6 nitrogen and oxygen atoms in total. The van der Waals surface area contributed by atoms with Gasteiger partial charge >= 0.3 is 5.97 Å². The summed E-state index contributed by atoms with van der Waals surface area (Å²) >= 11 is 1.43. The topological polar surface area (TPSA) is 62.0 Å². The highest BCUT2D eigenvalue weighted by Crippen LogP contribution is 2.35. The Morgan fingerprint density at radius 3 is 2.56 bits per heavy atom. The van der Waals surface area contributed by atoms with E-state index in [1.165, 1.54) is 42.4 Å². The first-order valence-electron chi connectivity index (χ1n) is 12.1. The maximum Gasteiger partial charge on any atom is 0.348 e. The highest BCUT2D eigenvalue weighted by atomic mass is 32.1. The van der Waals surface area contributed by atoms with Gasteiger partial charge in [-0.25, -0.2) is 4.79 Å². The van der Waals surface area contributed by atoms with E-state index in [4.69, 9.17) is 4.74 Å². The largest absolute Gasteiger partial charge is 0.465 e. The Balaban J connectivity index is 1.37. The fraction of sp³-hybridized carbons (Fsp3) is 0.481. The zero-order valence-corrected chi connectivity index (χ0v) is 20.9. The maximum absolute atomic E-state index is 13.3. The van der Waals surface area contributed by atoms with Crippen molar-refractivity contribution in [1.29, 1.82) is 0 Å². The van der Waals surface area contributed by atoms with E-state index in [1.807, 2.05) is 17.0 Å². The van der Waals surface area contributed by atoms with Crippen LogP contribution in [0.2, 0.25) is 0 Å². The van der Waals surface area contributed by atoms with Gasteiger partial charge in [0.2, 0.25) is 0 Å². The van der Waals surface area contributed by atoms with Crippen LogP contribution in [-0.4, -0.2) is 59.5 Å². The Bertz CT molecular complexity index is 1160. The van der Waals surface area contributed by atoms with Crippen LogP contribution >= 0.6 is 11.3 Å². The molecule has 3 fully saturated rings. The van der Waals surface area contributed by atoms with Crippen LogP contribution in [0.3, 0.4) is 0 Å². The van der Waals surface area contributed by atoms with Gasteiger partial charge in [-0.3, -0.25) is 9.69 Å². The summed E-state index contributed by atoms with van der Waals surface area (Å²) < 4.78 is 7.08. The van der Waals surface area contributed by atoms with Crippen LogP contribution in [0, 0.1) is 12.8 Å². The van der Waals surface area contributed by atoms with Crippen molar-refractivity contribution in [2.24, 2.45) is 11.0 Å². The normalized spacial score (nSPS) is 25.7. The average Bonchev–Trinajstić information content (AvgIpc) is 3.44. The van der Waals surface area contributed by atoms with E-state index in [-0.39, 0.29) is 30.1 Å². The first-order chi connectivity index (χ1) is 16.4. The molecular formula is C27H32N3O3S+. The van der Waals surface area contributed by atoms with Crippen LogP contribution in [0.4, 0.5) is 0 Å². The third-order valence-electron chi connectivity index (χ3n) is 7.55. The van der Waals surface area contributed by atoms with Gasteiger partial charge in [-0.15, -0.1) is 11.3 Å². The molecule has 0 amide bonds. The Morgan fingerprint density at radius 2 is 1.91 bits per heavy atom. The Labute approximate surface area is 204 Å². The van der Waals surface area contributed by atoms with Gasteiger partial charge in [0.25, 0.3) is 0 Å². The summed E-state index contributed by atoms with van der Waals surface area (Å²) in [5.41, 5.74) is 4.35. The number of carbonyl (C=O) groups excluding carboxylic acids is 2. The summed E-state index contributed by atoms with van der Waals surface area (Å²) in [5, 5.41) is 4.64. The van der Waals surface area contributed by atoms with E-state index in [0.29, 0.717) is 17.3 Å². The highest BCUT2D eigenvalue weighted by Gasteiger charge is 2.38. The highest BCUT2D eigenvalue weighted by molar-refractivity contribution is 7.14. The number of carbonyl (C=O) groups is 2. The van der Waals surface area contributed by atoms with E-state index in [2.05, 4.69) is 48.1 Å². The number of aryl methyl sites for hydroxylation is 1. The Kier molecular flexibility index (Phi) is 6.49. The van der Waals surface area contributed by atoms with Crippen molar-refractivity contribution in [3.63, 3.8) is 0 Å². The molecule has 6 rings (SSSR count). The smallest absolute Gasteiger partial charge is 0.348 e. The van der Waals surface area contributed by atoms with Crippen LogP contribution in [0.25, 0.3) is 0 Å². The lowest BCUT2D eigenvalue weighted by atomic mass is 9.81. The predicted molar refractivity (Wildman–Crippen MR) is 134 cm³/mol. The molecule has 2 aromatic rings. The number of nitrogens with zero attached hydrogens (tertiary/aromatic N) is 3. The number of rotatable bonds is 7. The summed E-state index contributed by atoms with van der Waals surface area (Å²) in [4.78, 5) is 29.7. The lowest BCUT2D eigenvalue weighted by Gasteiger charge is -2.44. The molecule has 7 heteroatoms. The van der Waals surface area contributed by atoms with Gasteiger partial charge < -0.3 is 4.74 Å². The second-order valence-corrected chi connectivity index (χ2v) is 10.9. The number of ketones is 1. The summed E-state index contributed by atoms with van der Waals surface area (Å²) in [7, 11) is 1.40. The van der Waals surface area contributed by atoms with Crippen LogP contribution in [-0.2, 0) is 22.5 Å². The summed E-state index contributed by atoms with van der Waals surface area (Å²) in [6, 6.07) is 10.5. The summed E-state index contributed by atoms with van der Waals surface area (Å²) in [5.74, 6) is 0.523. The van der Waals surface area contributed by atoms with Crippen molar-refractivity contribution in [3.8, 4) is 0 Å². The molecule has 4 aliphatic heterocycles. The molecule has 178 valence electrons. The molecule has 34 heavy (non-hydrogen) atoms. The molecule has 0 spiro atoms. The van der Waals surface area contributed by atoms with Crippen molar-refractivity contribution in [2.45, 2.75) is 58.0 Å². The maximum atomic E-state index is 13.3. The van der Waals surface area contributed by atoms with E-state index >= 15 is 0 Å². The van der Waals surface area contributed by atoms with E-state index in [9.17, 15) is 9.59 Å². The fourth-order valence-corrected chi connectivity index (χ4v) is 6.65. The van der Waals surface area contributed by atoms with Crippen LogP contribution in [0.15, 0.2) is 35.4 Å². The molecule has 0 N–H and O–H groups in total. The van der Waals surface area contributed by atoms with Crippen molar-refractivity contribution < 1.29 is 19.0 Å². The van der Waals surface area contributed by atoms with Gasteiger partial charge in [0.05, 0.1) is 19.4 Å². The van der Waals surface area contributed by atoms with Crippen LogP contribution < -0.4 is 0 Å². The number of esters is 1. The first-order valence-corrected chi connectivity index (χ1v) is 12.9. The molecule has 0 radical (unpaired) electrons. The number of ether oxygens (including phenoxy) is 1. The quantitative estimate of drug-likeness (QED) is 0.442. The second kappa shape index (κ2) is 9.55. The van der Waals surface area contributed by atoms with Crippen molar-refractivity contribution in [3.05, 3.63) is 56.8 Å².